The summed E-state index contributed by atoms with van der Waals surface area (Å²) < 4.78 is 29.6. The SMILES string of the molecule is O=C(CN1CCCC[C@@H](NS(=O)(=O)c2cc3ccc(Cl)cc3s2)C1=O)N1CCCCCC1. The molecule has 1 aromatic heterocycles. The van der Waals surface area contributed by atoms with Gasteiger partial charge in [0.2, 0.25) is 11.8 Å². The third-order valence-electron chi connectivity index (χ3n) is 6.09. The molecule has 2 aliphatic rings. The van der Waals surface area contributed by atoms with Crippen molar-refractivity contribution in [1.29, 1.82) is 0 Å². The highest BCUT2D eigenvalue weighted by Gasteiger charge is 2.33. The molecule has 174 valence electrons. The normalized spacial score (nSPS) is 20.9. The molecule has 1 aromatic carbocycles. The average Bonchev–Trinajstić information content (AvgIpc) is 2.90. The lowest BCUT2D eigenvalue weighted by Crippen LogP contribution is -2.50. The summed E-state index contributed by atoms with van der Waals surface area (Å²) in [5.41, 5.74) is 0. The number of nitrogens with one attached hydrogen (secondary N) is 1. The van der Waals surface area contributed by atoms with Gasteiger partial charge in [-0.15, -0.1) is 11.3 Å². The van der Waals surface area contributed by atoms with Crippen LogP contribution in [-0.4, -0.2) is 62.3 Å². The van der Waals surface area contributed by atoms with Crippen molar-refractivity contribution < 1.29 is 18.0 Å². The maximum atomic E-state index is 13.2. The van der Waals surface area contributed by atoms with Crippen LogP contribution in [-0.2, 0) is 19.6 Å². The fourth-order valence-corrected chi connectivity index (χ4v) is 7.23. The van der Waals surface area contributed by atoms with Gasteiger partial charge in [0.15, 0.2) is 0 Å². The molecule has 3 heterocycles. The van der Waals surface area contributed by atoms with E-state index in [1.165, 1.54) is 4.90 Å². The highest BCUT2D eigenvalue weighted by molar-refractivity contribution is 7.91. The molecule has 0 unspecified atom stereocenters. The lowest BCUT2D eigenvalue weighted by molar-refractivity contribution is -0.141. The number of benzene rings is 1. The first-order valence-corrected chi connectivity index (χ1v) is 13.8. The van der Waals surface area contributed by atoms with Crippen molar-refractivity contribution in [2.45, 2.75) is 55.2 Å². The molecule has 1 N–H and O–H groups in total. The zero-order chi connectivity index (χ0) is 22.7. The molecule has 0 saturated carbocycles. The highest BCUT2D eigenvalue weighted by Crippen LogP contribution is 2.31. The number of hydrogen-bond acceptors (Lipinski definition) is 5. The van der Waals surface area contributed by atoms with Crippen LogP contribution in [0.1, 0.15) is 44.9 Å². The Labute approximate surface area is 197 Å². The van der Waals surface area contributed by atoms with Crippen molar-refractivity contribution in [3.05, 3.63) is 29.3 Å². The number of likely N-dealkylation sites (tertiary alicyclic amines) is 2. The van der Waals surface area contributed by atoms with E-state index in [0.29, 0.717) is 18.0 Å². The van der Waals surface area contributed by atoms with Gasteiger partial charge in [-0.3, -0.25) is 9.59 Å². The zero-order valence-corrected chi connectivity index (χ0v) is 20.3. The summed E-state index contributed by atoms with van der Waals surface area (Å²) in [6.45, 7) is 1.94. The molecule has 0 aliphatic carbocycles. The lowest BCUT2D eigenvalue weighted by Gasteiger charge is -2.27. The Hall–Kier alpha value is -1.68. The number of amides is 2. The summed E-state index contributed by atoms with van der Waals surface area (Å²) in [5, 5.41) is 1.33. The maximum absolute atomic E-state index is 13.2. The van der Waals surface area contributed by atoms with Crippen LogP contribution in [0, 0.1) is 0 Å². The van der Waals surface area contributed by atoms with Crippen LogP contribution in [0.15, 0.2) is 28.5 Å². The van der Waals surface area contributed by atoms with Gasteiger partial charge in [0.05, 0.1) is 6.54 Å². The van der Waals surface area contributed by atoms with Crippen LogP contribution in [0.4, 0.5) is 0 Å². The van der Waals surface area contributed by atoms with E-state index in [1.54, 1.807) is 24.3 Å². The molecule has 2 saturated heterocycles. The molecule has 2 aromatic rings. The van der Waals surface area contributed by atoms with Crippen molar-refractivity contribution in [3.63, 3.8) is 0 Å². The smallest absolute Gasteiger partial charge is 0.250 e. The first-order chi connectivity index (χ1) is 15.3. The van der Waals surface area contributed by atoms with Crippen molar-refractivity contribution in [2.75, 3.05) is 26.2 Å². The molecule has 10 heteroatoms. The minimum absolute atomic E-state index is 0.0123. The van der Waals surface area contributed by atoms with Gasteiger partial charge in [0, 0.05) is 29.4 Å². The van der Waals surface area contributed by atoms with E-state index in [0.717, 1.165) is 73.0 Å². The molecule has 32 heavy (non-hydrogen) atoms. The predicted molar refractivity (Wildman–Crippen MR) is 126 cm³/mol. The Balaban J connectivity index is 1.47. The van der Waals surface area contributed by atoms with Crippen LogP contribution in [0.3, 0.4) is 0 Å². The van der Waals surface area contributed by atoms with Crippen LogP contribution < -0.4 is 4.72 Å². The molecule has 0 bridgehead atoms. The third-order valence-corrected chi connectivity index (χ3v) is 9.37. The predicted octanol–water partition coefficient (Wildman–Crippen LogP) is 3.62. The molecule has 4 rings (SSSR count). The second-order valence-electron chi connectivity index (χ2n) is 8.47. The number of nitrogens with zero attached hydrogens (tertiary/aromatic N) is 2. The van der Waals surface area contributed by atoms with Crippen LogP contribution in [0.25, 0.3) is 10.1 Å². The molecule has 0 radical (unpaired) electrons. The quantitative estimate of drug-likeness (QED) is 0.683. The van der Waals surface area contributed by atoms with Gasteiger partial charge in [0.25, 0.3) is 10.0 Å². The molecule has 2 aliphatic heterocycles. The van der Waals surface area contributed by atoms with E-state index in [-0.39, 0.29) is 22.6 Å². The van der Waals surface area contributed by atoms with Crippen molar-refractivity contribution in [3.8, 4) is 0 Å². The molecule has 1 atom stereocenters. The summed E-state index contributed by atoms with van der Waals surface area (Å²) in [6, 6.07) is 5.95. The van der Waals surface area contributed by atoms with Crippen LogP contribution in [0.5, 0.6) is 0 Å². The number of halogens is 1. The number of thiophene rings is 1. The van der Waals surface area contributed by atoms with Crippen molar-refractivity contribution in [2.24, 2.45) is 0 Å². The summed E-state index contributed by atoms with van der Waals surface area (Å²) in [4.78, 5) is 29.3. The molecular weight excluding hydrogens is 470 g/mol. The topological polar surface area (TPSA) is 86.8 Å². The largest absolute Gasteiger partial charge is 0.341 e. The maximum Gasteiger partial charge on any atom is 0.250 e. The van der Waals surface area contributed by atoms with Gasteiger partial charge in [-0.25, -0.2) is 8.42 Å². The minimum atomic E-state index is -3.88. The Morgan fingerprint density at radius 3 is 2.53 bits per heavy atom. The number of carbonyl (C=O) groups is 2. The van der Waals surface area contributed by atoms with E-state index in [9.17, 15) is 18.0 Å². The number of hydrogen-bond donors (Lipinski definition) is 1. The Morgan fingerprint density at radius 1 is 1.06 bits per heavy atom. The average molecular weight is 498 g/mol. The molecule has 7 nitrogen and oxygen atoms in total. The van der Waals surface area contributed by atoms with Gasteiger partial charge < -0.3 is 9.80 Å². The summed E-state index contributed by atoms with van der Waals surface area (Å²) in [7, 11) is -3.88. The van der Waals surface area contributed by atoms with E-state index >= 15 is 0 Å². The van der Waals surface area contributed by atoms with Crippen LogP contribution >= 0.6 is 22.9 Å². The molecule has 0 spiro atoms. The number of sulfonamides is 1. The monoisotopic (exact) mass is 497 g/mol. The van der Waals surface area contributed by atoms with E-state index in [1.807, 2.05) is 4.90 Å². The van der Waals surface area contributed by atoms with Crippen molar-refractivity contribution >= 4 is 54.9 Å². The van der Waals surface area contributed by atoms with E-state index in [2.05, 4.69) is 4.72 Å². The second-order valence-corrected chi connectivity index (χ2v) is 11.9. The minimum Gasteiger partial charge on any atom is -0.341 e. The second kappa shape index (κ2) is 10.1. The number of rotatable bonds is 5. The van der Waals surface area contributed by atoms with E-state index in [4.69, 9.17) is 11.6 Å². The highest BCUT2D eigenvalue weighted by atomic mass is 35.5. The van der Waals surface area contributed by atoms with Crippen LogP contribution in [0.2, 0.25) is 5.02 Å². The van der Waals surface area contributed by atoms with Gasteiger partial charge >= 0.3 is 0 Å². The summed E-state index contributed by atoms with van der Waals surface area (Å²) >= 11 is 7.14. The third kappa shape index (κ3) is 5.44. The molecule has 2 amide bonds. The fourth-order valence-electron chi connectivity index (χ4n) is 4.31. The van der Waals surface area contributed by atoms with E-state index < -0.39 is 16.1 Å². The summed E-state index contributed by atoms with van der Waals surface area (Å²) in [5.74, 6) is -0.372. The Kier molecular flexibility index (Phi) is 7.39. The standard InChI is InChI=1S/C22H28ClN3O4S2/c23-17-9-8-16-13-21(31-19(16)14-17)32(29,30)24-18-7-3-6-12-26(22(18)28)15-20(27)25-10-4-1-2-5-11-25/h8-9,13-14,18,24H,1-7,10-12,15H2/t18-/m1/s1. The number of carbonyl (C=O) groups excluding carboxylic acids is 2. The fraction of sp³-hybridized carbons (Fsp3) is 0.545. The Bertz CT molecular complexity index is 1090. The zero-order valence-electron chi connectivity index (χ0n) is 17.9. The molecular formula is C22H28ClN3O4S2. The van der Waals surface area contributed by atoms with Gasteiger partial charge in [0.1, 0.15) is 10.3 Å². The first kappa shape index (κ1) is 23.5. The molecule has 2 fully saturated rings. The lowest BCUT2D eigenvalue weighted by atomic mass is 10.1. The van der Waals surface area contributed by atoms with Gasteiger partial charge in [-0.05, 0) is 55.7 Å². The number of fused-ring (bicyclic) bond motifs is 1. The van der Waals surface area contributed by atoms with Gasteiger partial charge in [-0.1, -0.05) is 30.5 Å². The Morgan fingerprint density at radius 2 is 1.78 bits per heavy atom. The van der Waals surface area contributed by atoms with Gasteiger partial charge in [-0.2, -0.15) is 4.72 Å². The first-order valence-electron chi connectivity index (χ1n) is 11.1. The summed E-state index contributed by atoms with van der Waals surface area (Å²) in [6.07, 6.45) is 6.11. The van der Waals surface area contributed by atoms with Crippen molar-refractivity contribution in [1.82, 2.24) is 14.5 Å².